The molecule has 0 unspecified atom stereocenters. The predicted molar refractivity (Wildman–Crippen MR) is 84.6 cm³/mol. The monoisotopic (exact) mass is 335 g/mol. The van der Waals surface area contributed by atoms with E-state index in [4.69, 9.17) is 0 Å². The molecule has 8 heteroatoms. The summed E-state index contributed by atoms with van der Waals surface area (Å²) in [6.45, 7) is 1.02. The lowest BCUT2D eigenvalue weighted by atomic mass is 10.2. The first-order chi connectivity index (χ1) is 10.8. The first-order valence-electron chi connectivity index (χ1n) is 7.12. The fraction of sp³-hybridized carbons (Fsp3) is 0.357. The molecule has 114 valence electrons. The Balaban J connectivity index is 1.53. The normalized spacial score (nSPS) is 18.3. The van der Waals surface area contributed by atoms with Crippen molar-refractivity contribution in [2.24, 2.45) is 0 Å². The Morgan fingerprint density at radius 1 is 1.41 bits per heavy atom. The van der Waals surface area contributed by atoms with Crippen LogP contribution in [0.4, 0.5) is 4.39 Å². The number of nitrogens with one attached hydrogen (secondary N) is 1. The highest BCUT2D eigenvalue weighted by atomic mass is 32.2. The SMILES string of the molecule is Fc1cccc(CSc2nn3c([C@H]4CCCN4)nnc3s2)c1. The summed E-state index contributed by atoms with van der Waals surface area (Å²) in [4.78, 5) is 0.811. The molecular formula is C14H14FN5S2. The standard InChI is InChI=1S/C14H14FN5S2/c15-10-4-1-3-9(7-10)8-21-14-19-20-12(11-5-2-6-16-11)17-18-13(20)22-14/h1,3-4,7,11,16H,2,5-6,8H2/t11-/m1/s1. The van der Waals surface area contributed by atoms with Crippen LogP contribution in [0.1, 0.15) is 30.3 Å². The van der Waals surface area contributed by atoms with Crippen LogP contribution < -0.4 is 5.32 Å². The summed E-state index contributed by atoms with van der Waals surface area (Å²) in [7, 11) is 0. The molecule has 22 heavy (non-hydrogen) atoms. The van der Waals surface area contributed by atoms with E-state index >= 15 is 0 Å². The fourth-order valence-corrected chi connectivity index (χ4v) is 4.39. The molecule has 1 aromatic carbocycles. The molecule has 3 heterocycles. The van der Waals surface area contributed by atoms with E-state index in [0.717, 1.165) is 40.1 Å². The van der Waals surface area contributed by atoms with Crippen LogP contribution in [-0.2, 0) is 5.75 Å². The third kappa shape index (κ3) is 2.73. The second-order valence-electron chi connectivity index (χ2n) is 5.19. The number of rotatable bonds is 4. The minimum Gasteiger partial charge on any atom is -0.307 e. The second kappa shape index (κ2) is 5.94. The molecule has 0 bridgehead atoms. The molecule has 1 atom stereocenters. The zero-order valence-electron chi connectivity index (χ0n) is 11.7. The van der Waals surface area contributed by atoms with E-state index in [1.165, 1.54) is 17.4 Å². The summed E-state index contributed by atoms with van der Waals surface area (Å²) in [5, 5.41) is 16.5. The highest BCUT2D eigenvalue weighted by Crippen LogP contribution is 2.30. The minimum absolute atomic E-state index is 0.203. The van der Waals surface area contributed by atoms with Gasteiger partial charge in [0.25, 0.3) is 0 Å². The number of fused-ring (bicyclic) bond motifs is 1. The molecule has 0 spiro atoms. The van der Waals surface area contributed by atoms with E-state index in [-0.39, 0.29) is 11.9 Å². The molecule has 0 amide bonds. The molecule has 5 nitrogen and oxygen atoms in total. The van der Waals surface area contributed by atoms with Crippen molar-refractivity contribution in [2.75, 3.05) is 6.54 Å². The van der Waals surface area contributed by atoms with Crippen LogP contribution in [-0.4, -0.2) is 26.4 Å². The maximum absolute atomic E-state index is 13.2. The summed E-state index contributed by atoms with van der Waals surface area (Å²) >= 11 is 3.12. The molecule has 1 aliphatic rings. The van der Waals surface area contributed by atoms with Crippen molar-refractivity contribution < 1.29 is 4.39 Å². The lowest BCUT2D eigenvalue weighted by Crippen LogP contribution is -2.16. The Bertz CT molecular complexity index is 793. The molecule has 1 N–H and O–H groups in total. The molecule has 3 aromatic rings. The number of nitrogens with zero attached hydrogens (tertiary/aromatic N) is 4. The van der Waals surface area contributed by atoms with Crippen molar-refractivity contribution in [3.8, 4) is 0 Å². The lowest BCUT2D eigenvalue weighted by Gasteiger charge is -2.04. The molecule has 0 saturated carbocycles. The van der Waals surface area contributed by atoms with E-state index in [1.807, 2.05) is 10.6 Å². The van der Waals surface area contributed by atoms with Gasteiger partial charge >= 0.3 is 0 Å². The number of benzene rings is 1. The second-order valence-corrected chi connectivity index (χ2v) is 7.37. The first kappa shape index (κ1) is 14.1. The third-order valence-corrected chi connectivity index (χ3v) is 5.72. The molecule has 1 aliphatic heterocycles. The first-order valence-corrected chi connectivity index (χ1v) is 8.92. The topological polar surface area (TPSA) is 55.1 Å². The highest BCUT2D eigenvalue weighted by molar-refractivity contribution is 8.00. The summed E-state index contributed by atoms with van der Waals surface area (Å²) in [6.07, 6.45) is 2.23. The van der Waals surface area contributed by atoms with Gasteiger partial charge in [0.05, 0.1) is 6.04 Å². The largest absolute Gasteiger partial charge is 0.307 e. The Morgan fingerprint density at radius 3 is 3.18 bits per heavy atom. The smallest absolute Gasteiger partial charge is 0.235 e. The lowest BCUT2D eigenvalue weighted by molar-refractivity contribution is 0.582. The van der Waals surface area contributed by atoms with Crippen molar-refractivity contribution in [2.45, 2.75) is 29.0 Å². The van der Waals surface area contributed by atoms with E-state index in [0.29, 0.717) is 5.75 Å². The van der Waals surface area contributed by atoms with Crippen LogP contribution in [0.3, 0.4) is 0 Å². The molecule has 0 aliphatic carbocycles. The van der Waals surface area contributed by atoms with Gasteiger partial charge in [-0.25, -0.2) is 4.39 Å². The van der Waals surface area contributed by atoms with Gasteiger partial charge in [-0.3, -0.25) is 0 Å². The van der Waals surface area contributed by atoms with Gasteiger partial charge in [-0.2, -0.15) is 4.52 Å². The van der Waals surface area contributed by atoms with Crippen LogP contribution in [0.5, 0.6) is 0 Å². The van der Waals surface area contributed by atoms with Crippen molar-refractivity contribution >= 4 is 28.1 Å². The number of hydrogen-bond acceptors (Lipinski definition) is 6. The van der Waals surface area contributed by atoms with Crippen LogP contribution in [0, 0.1) is 5.82 Å². The summed E-state index contributed by atoms with van der Waals surface area (Å²) in [5.74, 6) is 1.38. The molecule has 4 rings (SSSR count). The van der Waals surface area contributed by atoms with Crippen molar-refractivity contribution in [1.29, 1.82) is 0 Å². The van der Waals surface area contributed by atoms with Gasteiger partial charge in [0.1, 0.15) is 5.82 Å². The molecular weight excluding hydrogens is 321 g/mol. The molecule has 1 saturated heterocycles. The van der Waals surface area contributed by atoms with Gasteiger partial charge in [0.2, 0.25) is 4.96 Å². The van der Waals surface area contributed by atoms with Crippen molar-refractivity contribution in [1.82, 2.24) is 25.1 Å². The zero-order chi connectivity index (χ0) is 14.9. The zero-order valence-corrected chi connectivity index (χ0v) is 13.3. The quantitative estimate of drug-likeness (QED) is 0.743. The van der Waals surface area contributed by atoms with E-state index in [2.05, 4.69) is 20.6 Å². The number of thioether (sulfide) groups is 1. The average Bonchev–Trinajstić information content (AvgIpc) is 3.21. The number of hydrogen-bond donors (Lipinski definition) is 1. The summed E-state index contributed by atoms with van der Waals surface area (Å²) in [6, 6.07) is 6.91. The van der Waals surface area contributed by atoms with E-state index < -0.39 is 0 Å². The van der Waals surface area contributed by atoms with Crippen LogP contribution in [0.2, 0.25) is 0 Å². The fourth-order valence-electron chi connectivity index (χ4n) is 2.57. The minimum atomic E-state index is -0.203. The Kier molecular flexibility index (Phi) is 3.81. The Morgan fingerprint density at radius 2 is 2.36 bits per heavy atom. The number of halogens is 1. The average molecular weight is 335 g/mol. The van der Waals surface area contributed by atoms with Gasteiger partial charge < -0.3 is 5.32 Å². The van der Waals surface area contributed by atoms with Gasteiger partial charge in [-0.15, -0.1) is 15.3 Å². The highest BCUT2D eigenvalue weighted by Gasteiger charge is 2.23. The van der Waals surface area contributed by atoms with Crippen molar-refractivity contribution in [3.05, 3.63) is 41.5 Å². The van der Waals surface area contributed by atoms with Crippen LogP contribution in [0.15, 0.2) is 28.6 Å². The summed E-state index contributed by atoms with van der Waals surface area (Å²) < 4.78 is 15.9. The van der Waals surface area contributed by atoms with Crippen molar-refractivity contribution in [3.63, 3.8) is 0 Å². The van der Waals surface area contributed by atoms with Gasteiger partial charge in [0.15, 0.2) is 10.2 Å². The third-order valence-electron chi connectivity index (χ3n) is 3.62. The Hall–Kier alpha value is -1.51. The number of aromatic nitrogens is 4. The Labute approximate surface area is 135 Å². The predicted octanol–water partition coefficient (Wildman–Crippen LogP) is 3.04. The van der Waals surface area contributed by atoms with Gasteiger partial charge in [-0.05, 0) is 37.1 Å². The summed E-state index contributed by atoms with van der Waals surface area (Å²) in [5.41, 5.74) is 0.952. The van der Waals surface area contributed by atoms with Crippen LogP contribution >= 0.6 is 23.1 Å². The maximum atomic E-state index is 13.2. The molecule has 0 radical (unpaired) electrons. The van der Waals surface area contributed by atoms with Crippen LogP contribution in [0.25, 0.3) is 4.96 Å². The molecule has 1 fully saturated rings. The molecule has 2 aromatic heterocycles. The van der Waals surface area contributed by atoms with E-state index in [1.54, 1.807) is 23.9 Å². The van der Waals surface area contributed by atoms with E-state index in [9.17, 15) is 4.39 Å². The maximum Gasteiger partial charge on any atom is 0.235 e. The van der Waals surface area contributed by atoms with Gasteiger partial charge in [0, 0.05) is 5.75 Å². The van der Waals surface area contributed by atoms with Gasteiger partial charge in [-0.1, -0.05) is 35.2 Å².